The summed E-state index contributed by atoms with van der Waals surface area (Å²) in [7, 11) is -1.82. The molecule has 0 aromatic carbocycles. The second-order valence-corrected chi connectivity index (χ2v) is 10.0. The van der Waals surface area contributed by atoms with Gasteiger partial charge in [0, 0.05) is 5.54 Å². The van der Waals surface area contributed by atoms with Crippen LogP contribution in [-0.2, 0) is 0 Å². The molecule has 0 saturated heterocycles. The summed E-state index contributed by atoms with van der Waals surface area (Å²) in [5.74, 6) is 6.08. The molecule has 0 atom stereocenters. The monoisotopic (exact) mass is 307 g/mol. The highest BCUT2D eigenvalue weighted by molar-refractivity contribution is 6.80. The fourth-order valence-electron chi connectivity index (χ4n) is 4.12. The predicted molar refractivity (Wildman–Crippen MR) is 96.4 cm³/mol. The Morgan fingerprint density at radius 1 is 0.619 bits per heavy atom. The molecule has 0 unspecified atom stereocenters. The van der Waals surface area contributed by atoms with Gasteiger partial charge in [0.15, 0.2) is 0 Å². The largest absolute Gasteiger partial charge is 0.312 e. The Bertz CT molecular complexity index is 286. The molecule has 0 aliphatic heterocycles. The summed E-state index contributed by atoms with van der Waals surface area (Å²) in [5, 5.41) is 0. The molecule has 121 valence electrons. The van der Waals surface area contributed by atoms with E-state index in [4.69, 9.17) is 0 Å². The van der Waals surface area contributed by atoms with Crippen LogP contribution >= 0.6 is 0 Å². The molecule has 5 radical (unpaired) electrons. The standard InChI is InChI=1S/C18H35N2Si/c1-10-19(11-2)21(9,20(12-3)13-4)18-16(7)14(5)15(6)17(18)8/h10-13H2,1-9H3. The fourth-order valence-corrected chi connectivity index (χ4v) is 9.42. The third-order valence-electron chi connectivity index (χ3n) is 5.67. The first-order valence-electron chi connectivity index (χ1n) is 8.54. The van der Waals surface area contributed by atoms with Crippen molar-refractivity contribution in [2.45, 2.75) is 61.9 Å². The van der Waals surface area contributed by atoms with Crippen LogP contribution in [-0.4, -0.2) is 43.7 Å². The molecule has 1 aliphatic carbocycles. The van der Waals surface area contributed by atoms with Crippen LogP contribution in [0.4, 0.5) is 0 Å². The average Bonchev–Trinajstić information content (AvgIpc) is 2.65. The van der Waals surface area contributed by atoms with Crippen molar-refractivity contribution < 1.29 is 0 Å². The highest BCUT2D eigenvalue weighted by Crippen LogP contribution is 2.56. The summed E-state index contributed by atoms with van der Waals surface area (Å²) in [6.07, 6.45) is 0. The van der Waals surface area contributed by atoms with Crippen LogP contribution in [0.1, 0.15) is 55.4 Å². The Hall–Kier alpha value is 0.137. The summed E-state index contributed by atoms with van der Waals surface area (Å²) in [6, 6.07) is 0. The maximum absolute atomic E-state index is 2.74. The minimum atomic E-state index is -1.82. The topological polar surface area (TPSA) is 6.48 Å². The second-order valence-electron chi connectivity index (χ2n) is 6.24. The zero-order chi connectivity index (χ0) is 16.4. The van der Waals surface area contributed by atoms with Crippen LogP contribution in [0.15, 0.2) is 0 Å². The lowest BCUT2D eigenvalue weighted by Crippen LogP contribution is -2.68. The third kappa shape index (κ3) is 3.11. The number of nitrogens with zero attached hydrogens (tertiary/aromatic N) is 2. The third-order valence-corrected chi connectivity index (χ3v) is 11.1. The maximum atomic E-state index is 2.74. The molecular weight excluding hydrogens is 272 g/mol. The molecule has 0 aromatic heterocycles. The number of hydrogen-bond donors (Lipinski definition) is 0. The maximum Gasteiger partial charge on any atom is 0.211 e. The Kier molecular flexibility index (Phi) is 6.95. The van der Waals surface area contributed by atoms with E-state index in [-0.39, 0.29) is 0 Å². The normalized spacial score (nSPS) is 21.3. The molecule has 0 heterocycles. The van der Waals surface area contributed by atoms with Crippen molar-refractivity contribution in [3.63, 3.8) is 0 Å². The molecule has 1 rings (SSSR count). The number of rotatable bonds is 7. The lowest BCUT2D eigenvalue weighted by Gasteiger charge is -2.51. The molecule has 3 heteroatoms. The summed E-state index contributed by atoms with van der Waals surface area (Å²) in [4.78, 5) is 0. The minimum Gasteiger partial charge on any atom is -0.312 e. The molecule has 0 N–H and O–H groups in total. The van der Waals surface area contributed by atoms with Crippen molar-refractivity contribution in [1.29, 1.82) is 0 Å². The Balaban J connectivity index is 3.30. The van der Waals surface area contributed by atoms with Gasteiger partial charge in [-0.1, -0.05) is 55.4 Å². The Morgan fingerprint density at radius 3 is 1.14 bits per heavy atom. The molecule has 0 bridgehead atoms. The van der Waals surface area contributed by atoms with E-state index in [9.17, 15) is 0 Å². The van der Waals surface area contributed by atoms with E-state index in [0.29, 0.717) is 0 Å². The van der Waals surface area contributed by atoms with Crippen LogP contribution in [0.3, 0.4) is 0 Å². The molecule has 1 saturated carbocycles. The van der Waals surface area contributed by atoms with Crippen LogP contribution in [0.2, 0.25) is 6.55 Å². The van der Waals surface area contributed by atoms with Gasteiger partial charge in [0.1, 0.15) is 0 Å². The van der Waals surface area contributed by atoms with Crippen molar-refractivity contribution in [3.05, 3.63) is 29.2 Å². The van der Waals surface area contributed by atoms with Crippen LogP contribution in [0, 0.1) is 29.2 Å². The first kappa shape index (κ1) is 19.2. The van der Waals surface area contributed by atoms with Crippen molar-refractivity contribution in [3.8, 4) is 0 Å². The van der Waals surface area contributed by atoms with E-state index in [1.54, 1.807) is 5.54 Å². The van der Waals surface area contributed by atoms with Crippen molar-refractivity contribution in [2.75, 3.05) is 26.2 Å². The summed E-state index contributed by atoms with van der Waals surface area (Å²) in [5.41, 5.74) is 1.67. The molecule has 1 fully saturated rings. The molecule has 0 aromatic rings. The van der Waals surface area contributed by atoms with E-state index in [1.165, 1.54) is 23.7 Å². The van der Waals surface area contributed by atoms with Crippen molar-refractivity contribution in [2.24, 2.45) is 0 Å². The highest BCUT2D eigenvalue weighted by Gasteiger charge is 2.57. The van der Waals surface area contributed by atoms with E-state index in [1.807, 2.05) is 0 Å². The van der Waals surface area contributed by atoms with Crippen molar-refractivity contribution >= 4 is 8.40 Å². The lowest BCUT2D eigenvalue weighted by molar-refractivity contribution is 0.356. The van der Waals surface area contributed by atoms with Crippen LogP contribution in [0.25, 0.3) is 0 Å². The summed E-state index contributed by atoms with van der Waals surface area (Å²) in [6.45, 7) is 25.6. The van der Waals surface area contributed by atoms with Gasteiger partial charge in [0.05, 0.1) is 0 Å². The smallest absolute Gasteiger partial charge is 0.211 e. The van der Waals surface area contributed by atoms with Gasteiger partial charge in [-0.2, -0.15) is 0 Å². The van der Waals surface area contributed by atoms with E-state index < -0.39 is 8.40 Å². The zero-order valence-corrected chi connectivity index (χ0v) is 16.7. The van der Waals surface area contributed by atoms with E-state index >= 15 is 0 Å². The second kappa shape index (κ2) is 7.61. The van der Waals surface area contributed by atoms with Crippen LogP contribution in [0.5, 0.6) is 0 Å². The Morgan fingerprint density at radius 2 is 0.905 bits per heavy atom. The van der Waals surface area contributed by atoms with Gasteiger partial charge in [-0.15, -0.1) is 0 Å². The van der Waals surface area contributed by atoms with Gasteiger partial charge in [-0.3, -0.25) is 0 Å². The fraction of sp³-hybridized carbons (Fsp3) is 0.722. The van der Waals surface area contributed by atoms with Gasteiger partial charge in [-0.05, 0) is 56.4 Å². The van der Waals surface area contributed by atoms with E-state index in [0.717, 1.165) is 26.2 Å². The Labute approximate surface area is 135 Å². The van der Waals surface area contributed by atoms with Crippen molar-refractivity contribution in [1.82, 2.24) is 9.13 Å². The minimum absolute atomic E-state index is 1.14. The molecule has 0 spiro atoms. The van der Waals surface area contributed by atoms with Gasteiger partial charge in [-0.25, -0.2) is 0 Å². The summed E-state index contributed by atoms with van der Waals surface area (Å²) < 4.78 is 5.49. The molecule has 1 aliphatic rings. The highest BCUT2D eigenvalue weighted by atomic mass is 28.3. The molecule has 21 heavy (non-hydrogen) atoms. The molecule has 2 nitrogen and oxygen atoms in total. The predicted octanol–water partition coefficient (Wildman–Crippen LogP) is 4.25. The van der Waals surface area contributed by atoms with Gasteiger partial charge < -0.3 is 9.13 Å². The summed E-state index contributed by atoms with van der Waals surface area (Å²) >= 11 is 0. The van der Waals surface area contributed by atoms with E-state index in [2.05, 4.69) is 71.1 Å². The van der Waals surface area contributed by atoms with Gasteiger partial charge in [0.25, 0.3) is 0 Å². The lowest BCUT2D eigenvalue weighted by atomic mass is 9.92. The molecule has 0 amide bonds. The zero-order valence-electron chi connectivity index (χ0n) is 15.7. The average molecular weight is 308 g/mol. The first-order chi connectivity index (χ1) is 9.80. The van der Waals surface area contributed by atoms with Gasteiger partial charge in [0.2, 0.25) is 8.40 Å². The molecular formula is C18H35N2Si. The quantitative estimate of drug-likeness (QED) is 0.649. The number of hydrogen-bond acceptors (Lipinski definition) is 2. The van der Waals surface area contributed by atoms with Gasteiger partial charge >= 0.3 is 0 Å². The SMILES string of the molecule is CCN(CC)[Si](C)([C]1[C](C)[C](C)[C](C)[C]1C)N(CC)CC. The van der Waals surface area contributed by atoms with Crippen LogP contribution < -0.4 is 0 Å². The first-order valence-corrected chi connectivity index (χ1v) is 10.9.